The first-order chi connectivity index (χ1) is 10.4. The fourth-order valence-electron chi connectivity index (χ4n) is 2.82. The zero-order valence-electron chi connectivity index (χ0n) is 12.9. The fourth-order valence-corrected chi connectivity index (χ4v) is 2.82. The molecule has 2 aromatic rings. The second-order valence-corrected chi connectivity index (χ2v) is 5.84. The standard InChI is InChI=1S/C16H19N5O/c1-16(10-14(22)20(2)15(17)18-16)13-9-12(19-21(13)3)11-7-5-4-6-8-11/h4-9H,10H2,1-3H3,(H2,17,18)/t16-/m0/s1. The number of hydrogen-bond donors (Lipinski definition) is 2. The van der Waals surface area contributed by atoms with Crippen molar-refractivity contribution in [2.75, 3.05) is 7.05 Å². The Morgan fingerprint density at radius 3 is 2.59 bits per heavy atom. The predicted octanol–water partition coefficient (Wildman–Crippen LogP) is 1.69. The van der Waals surface area contributed by atoms with Crippen LogP contribution in [0.2, 0.25) is 0 Å². The van der Waals surface area contributed by atoms with E-state index >= 15 is 0 Å². The number of hydrogen-bond acceptors (Lipinski definition) is 3. The molecule has 0 aliphatic carbocycles. The Morgan fingerprint density at radius 1 is 1.27 bits per heavy atom. The van der Waals surface area contributed by atoms with Crippen LogP contribution in [0.3, 0.4) is 0 Å². The minimum absolute atomic E-state index is 0.0753. The van der Waals surface area contributed by atoms with Gasteiger partial charge in [-0.05, 0) is 13.0 Å². The largest absolute Gasteiger partial charge is 0.345 e. The van der Waals surface area contributed by atoms with Gasteiger partial charge in [-0.3, -0.25) is 19.8 Å². The van der Waals surface area contributed by atoms with Gasteiger partial charge >= 0.3 is 0 Å². The molecule has 6 heteroatoms. The third-order valence-electron chi connectivity index (χ3n) is 4.12. The summed E-state index contributed by atoms with van der Waals surface area (Å²) in [7, 11) is 3.47. The van der Waals surface area contributed by atoms with E-state index in [0.29, 0.717) is 6.42 Å². The van der Waals surface area contributed by atoms with Crippen LogP contribution >= 0.6 is 0 Å². The number of amides is 1. The number of aromatic nitrogens is 2. The monoisotopic (exact) mass is 297 g/mol. The molecule has 1 atom stereocenters. The summed E-state index contributed by atoms with van der Waals surface area (Å²) >= 11 is 0. The third kappa shape index (κ3) is 2.26. The van der Waals surface area contributed by atoms with E-state index in [-0.39, 0.29) is 11.9 Å². The van der Waals surface area contributed by atoms with Gasteiger partial charge < -0.3 is 5.32 Å². The Kier molecular flexibility index (Phi) is 3.24. The summed E-state index contributed by atoms with van der Waals surface area (Å²) in [4.78, 5) is 13.4. The Morgan fingerprint density at radius 2 is 1.95 bits per heavy atom. The number of guanidine groups is 1. The molecule has 1 saturated heterocycles. The highest BCUT2D eigenvalue weighted by molar-refractivity contribution is 5.98. The summed E-state index contributed by atoms with van der Waals surface area (Å²) in [5, 5.41) is 15.6. The van der Waals surface area contributed by atoms with Gasteiger partial charge in [0.1, 0.15) is 0 Å². The van der Waals surface area contributed by atoms with Gasteiger partial charge in [-0.2, -0.15) is 5.10 Å². The van der Waals surface area contributed by atoms with Crippen LogP contribution in [-0.2, 0) is 17.4 Å². The maximum Gasteiger partial charge on any atom is 0.231 e. The summed E-state index contributed by atoms with van der Waals surface area (Å²) in [5.41, 5.74) is 2.15. The number of aryl methyl sites for hydroxylation is 1. The molecule has 2 N–H and O–H groups in total. The van der Waals surface area contributed by atoms with Crippen LogP contribution in [0.15, 0.2) is 36.4 Å². The molecule has 2 heterocycles. The molecule has 0 radical (unpaired) electrons. The van der Waals surface area contributed by atoms with Crippen LogP contribution in [-0.4, -0.2) is 33.6 Å². The van der Waals surface area contributed by atoms with Crippen molar-refractivity contribution in [2.45, 2.75) is 18.9 Å². The van der Waals surface area contributed by atoms with Crippen molar-refractivity contribution in [1.29, 1.82) is 5.41 Å². The summed E-state index contributed by atoms with van der Waals surface area (Å²) in [6.07, 6.45) is 0.291. The average molecular weight is 297 g/mol. The van der Waals surface area contributed by atoms with Crippen molar-refractivity contribution in [3.05, 3.63) is 42.1 Å². The second-order valence-electron chi connectivity index (χ2n) is 5.84. The van der Waals surface area contributed by atoms with Gasteiger partial charge in [-0.1, -0.05) is 30.3 Å². The van der Waals surface area contributed by atoms with Crippen molar-refractivity contribution in [1.82, 2.24) is 20.0 Å². The number of nitrogens with one attached hydrogen (secondary N) is 2. The highest BCUT2D eigenvalue weighted by Gasteiger charge is 2.40. The van der Waals surface area contributed by atoms with E-state index in [1.54, 1.807) is 11.7 Å². The van der Waals surface area contributed by atoms with E-state index in [4.69, 9.17) is 5.41 Å². The number of carbonyl (C=O) groups excluding carboxylic acids is 1. The molecule has 1 aromatic carbocycles. The van der Waals surface area contributed by atoms with Crippen molar-refractivity contribution in [3.8, 4) is 11.3 Å². The van der Waals surface area contributed by atoms with E-state index < -0.39 is 5.54 Å². The molecule has 114 valence electrons. The molecule has 0 bridgehead atoms. The van der Waals surface area contributed by atoms with Gasteiger partial charge in [0.25, 0.3) is 0 Å². The van der Waals surface area contributed by atoms with E-state index in [0.717, 1.165) is 17.0 Å². The molecule has 0 spiro atoms. The Hall–Kier alpha value is -2.63. The molecule has 3 rings (SSSR count). The summed E-state index contributed by atoms with van der Waals surface area (Å²) in [5.74, 6) is 0.0370. The lowest BCUT2D eigenvalue weighted by Crippen LogP contribution is -2.58. The first-order valence-electron chi connectivity index (χ1n) is 7.14. The van der Waals surface area contributed by atoms with Crippen molar-refractivity contribution in [2.24, 2.45) is 7.05 Å². The molecule has 1 aliphatic heterocycles. The van der Waals surface area contributed by atoms with Gasteiger partial charge in [0.2, 0.25) is 5.91 Å². The molecule has 0 unspecified atom stereocenters. The number of nitrogens with zero attached hydrogens (tertiary/aromatic N) is 3. The smallest absolute Gasteiger partial charge is 0.231 e. The maximum atomic E-state index is 12.1. The van der Waals surface area contributed by atoms with Gasteiger partial charge in [0.05, 0.1) is 23.3 Å². The van der Waals surface area contributed by atoms with E-state index in [1.807, 2.05) is 50.4 Å². The van der Waals surface area contributed by atoms with E-state index in [9.17, 15) is 4.79 Å². The first-order valence-corrected chi connectivity index (χ1v) is 7.14. The normalized spacial score (nSPS) is 21.9. The quantitative estimate of drug-likeness (QED) is 0.886. The molecule has 0 saturated carbocycles. The molecule has 1 aliphatic rings. The number of rotatable bonds is 2. The van der Waals surface area contributed by atoms with Crippen molar-refractivity contribution in [3.63, 3.8) is 0 Å². The van der Waals surface area contributed by atoms with Crippen LogP contribution < -0.4 is 5.32 Å². The second kappa shape index (κ2) is 4.98. The van der Waals surface area contributed by atoms with Crippen molar-refractivity contribution >= 4 is 11.9 Å². The lowest BCUT2D eigenvalue weighted by molar-refractivity contribution is -0.129. The Balaban J connectivity index is 2.00. The summed E-state index contributed by atoms with van der Waals surface area (Å²) in [6.45, 7) is 1.93. The van der Waals surface area contributed by atoms with Crippen LogP contribution in [0.5, 0.6) is 0 Å². The van der Waals surface area contributed by atoms with Crippen LogP contribution in [0.1, 0.15) is 19.0 Å². The van der Waals surface area contributed by atoms with Gasteiger partial charge in [0.15, 0.2) is 5.96 Å². The zero-order chi connectivity index (χ0) is 15.9. The molecule has 1 amide bonds. The molecular formula is C16H19N5O. The van der Waals surface area contributed by atoms with Gasteiger partial charge in [-0.25, -0.2) is 0 Å². The molecule has 1 fully saturated rings. The number of carbonyl (C=O) groups is 1. The van der Waals surface area contributed by atoms with E-state index in [1.165, 1.54) is 4.90 Å². The van der Waals surface area contributed by atoms with Gasteiger partial charge in [-0.15, -0.1) is 0 Å². The van der Waals surface area contributed by atoms with Gasteiger partial charge in [0, 0.05) is 19.7 Å². The predicted molar refractivity (Wildman–Crippen MR) is 84.2 cm³/mol. The Labute approximate surface area is 129 Å². The van der Waals surface area contributed by atoms with E-state index in [2.05, 4.69) is 10.4 Å². The average Bonchev–Trinajstić information content (AvgIpc) is 2.88. The first kappa shape index (κ1) is 14.3. The molecule has 22 heavy (non-hydrogen) atoms. The fraction of sp³-hybridized carbons (Fsp3) is 0.312. The highest BCUT2D eigenvalue weighted by Crippen LogP contribution is 2.31. The highest BCUT2D eigenvalue weighted by atomic mass is 16.2. The lowest BCUT2D eigenvalue weighted by atomic mass is 9.90. The molecule has 6 nitrogen and oxygen atoms in total. The topological polar surface area (TPSA) is 74.0 Å². The lowest BCUT2D eigenvalue weighted by Gasteiger charge is -2.39. The SMILES string of the molecule is CN1C(=N)N[C@](C)(c2cc(-c3ccccc3)nn2C)CC1=O. The molecule has 1 aromatic heterocycles. The molecular weight excluding hydrogens is 278 g/mol. The van der Waals surface area contributed by atoms with Crippen molar-refractivity contribution < 1.29 is 4.79 Å². The minimum atomic E-state index is -0.630. The van der Waals surface area contributed by atoms with Crippen LogP contribution in [0.4, 0.5) is 0 Å². The Bertz CT molecular complexity index is 716. The third-order valence-corrected chi connectivity index (χ3v) is 4.12. The zero-order valence-corrected chi connectivity index (χ0v) is 12.9. The van der Waals surface area contributed by atoms with Crippen LogP contribution in [0, 0.1) is 5.41 Å². The summed E-state index contributed by atoms with van der Waals surface area (Å²) in [6, 6.07) is 11.9. The minimum Gasteiger partial charge on any atom is -0.345 e. The maximum absolute atomic E-state index is 12.1. The summed E-state index contributed by atoms with van der Waals surface area (Å²) < 4.78 is 1.78. The van der Waals surface area contributed by atoms with Crippen LogP contribution in [0.25, 0.3) is 11.3 Å². The number of benzene rings is 1.